The summed E-state index contributed by atoms with van der Waals surface area (Å²) in [6.07, 6.45) is 1.79. The zero-order chi connectivity index (χ0) is 20.8. The smallest absolute Gasteiger partial charge is 0.254 e. The summed E-state index contributed by atoms with van der Waals surface area (Å²) in [5.41, 5.74) is 7.26. The molecule has 1 fully saturated rings. The molecular weight excluding hydrogens is 368 g/mol. The molecule has 0 spiro atoms. The molecule has 0 bridgehead atoms. The fourth-order valence-corrected chi connectivity index (χ4v) is 3.58. The van der Waals surface area contributed by atoms with Crippen LogP contribution in [0.1, 0.15) is 53.0 Å². The topological polar surface area (TPSA) is 81.9 Å². The summed E-state index contributed by atoms with van der Waals surface area (Å²) in [5, 5.41) is 0. The van der Waals surface area contributed by atoms with E-state index in [1.165, 1.54) is 0 Å². The Morgan fingerprint density at radius 1 is 1.03 bits per heavy atom. The normalized spacial score (nSPS) is 16.4. The molecule has 1 aliphatic heterocycles. The van der Waals surface area contributed by atoms with E-state index in [1.807, 2.05) is 13.8 Å². The number of carbonyl (C=O) groups excluding carboxylic acids is 2. The van der Waals surface area contributed by atoms with Gasteiger partial charge in [-0.05, 0) is 51.0 Å². The highest BCUT2D eigenvalue weighted by molar-refractivity contribution is 6.15. The highest BCUT2D eigenvalue weighted by atomic mass is 16.5. The van der Waals surface area contributed by atoms with Gasteiger partial charge in [-0.25, -0.2) is 0 Å². The summed E-state index contributed by atoms with van der Waals surface area (Å²) in [6.45, 7) is 5.90. The van der Waals surface area contributed by atoms with Gasteiger partial charge in [0.25, 0.3) is 5.91 Å². The number of nitrogens with two attached hydrogens (primary N) is 1. The Morgan fingerprint density at radius 2 is 1.72 bits per heavy atom. The summed E-state index contributed by atoms with van der Waals surface area (Å²) < 4.78 is 11.2. The Morgan fingerprint density at radius 3 is 2.41 bits per heavy atom. The number of piperidine rings is 1. The average molecular weight is 396 g/mol. The summed E-state index contributed by atoms with van der Waals surface area (Å²) in [6, 6.07) is 12.0. The van der Waals surface area contributed by atoms with Gasteiger partial charge >= 0.3 is 0 Å². The number of likely N-dealkylation sites (tertiary alicyclic amines) is 1. The number of carbonyl (C=O) groups is 2. The number of ether oxygens (including phenoxy) is 2. The lowest BCUT2D eigenvalue weighted by molar-refractivity contribution is 0.0705. The van der Waals surface area contributed by atoms with Crippen LogP contribution in [-0.4, -0.2) is 48.9 Å². The predicted octanol–water partition coefficient (Wildman–Crippen LogP) is 3.28. The lowest BCUT2D eigenvalue weighted by atomic mass is 9.96. The number of rotatable bonds is 7. The first-order valence-corrected chi connectivity index (χ1v) is 10.1. The Bertz CT molecular complexity index is 881. The lowest BCUT2D eigenvalue weighted by Crippen LogP contribution is -2.46. The molecule has 1 aliphatic rings. The Labute approximate surface area is 171 Å². The van der Waals surface area contributed by atoms with Crippen molar-refractivity contribution in [2.75, 3.05) is 26.3 Å². The van der Waals surface area contributed by atoms with E-state index >= 15 is 0 Å². The van der Waals surface area contributed by atoms with Crippen LogP contribution in [-0.2, 0) is 0 Å². The van der Waals surface area contributed by atoms with Gasteiger partial charge in [-0.3, -0.25) is 9.59 Å². The zero-order valence-corrected chi connectivity index (χ0v) is 17.0. The molecule has 1 heterocycles. The van der Waals surface area contributed by atoms with Crippen molar-refractivity contribution in [3.63, 3.8) is 0 Å². The van der Waals surface area contributed by atoms with Crippen LogP contribution in [0.5, 0.6) is 11.5 Å². The van der Waals surface area contributed by atoms with Crippen molar-refractivity contribution in [3.05, 3.63) is 59.2 Å². The Hall–Kier alpha value is -2.86. The van der Waals surface area contributed by atoms with Crippen LogP contribution in [0.3, 0.4) is 0 Å². The van der Waals surface area contributed by atoms with Crippen molar-refractivity contribution in [1.82, 2.24) is 4.90 Å². The monoisotopic (exact) mass is 396 g/mol. The number of hydrogen-bond acceptors (Lipinski definition) is 5. The van der Waals surface area contributed by atoms with E-state index < -0.39 is 0 Å². The Balaban J connectivity index is 1.92. The largest absolute Gasteiger partial charge is 0.490 e. The predicted molar refractivity (Wildman–Crippen MR) is 112 cm³/mol. The van der Waals surface area contributed by atoms with Gasteiger partial charge in [0.15, 0.2) is 17.3 Å². The number of ketones is 1. The van der Waals surface area contributed by atoms with Crippen LogP contribution in [0.2, 0.25) is 0 Å². The molecule has 29 heavy (non-hydrogen) atoms. The van der Waals surface area contributed by atoms with Gasteiger partial charge in [0.05, 0.1) is 18.8 Å². The number of hydrogen-bond donors (Lipinski definition) is 1. The van der Waals surface area contributed by atoms with Crippen molar-refractivity contribution < 1.29 is 19.1 Å². The third-order valence-electron chi connectivity index (χ3n) is 4.95. The van der Waals surface area contributed by atoms with Crippen LogP contribution in [0.4, 0.5) is 0 Å². The number of nitrogens with zero attached hydrogens (tertiary/aromatic N) is 1. The van der Waals surface area contributed by atoms with Crippen molar-refractivity contribution in [2.24, 2.45) is 5.73 Å². The quantitative estimate of drug-likeness (QED) is 0.727. The van der Waals surface area contributed by atoms with Crippen LogP contribution >= 0.6 is 0 Å². The molecule has 0 radical (unpaired) electrons. The number of benzene rings is 2. The van der Waals surface area contributed by atoms with E-state index in [0.29, 0.717) is 54.5 Å². The summed E-state index contributed by atoms with van der Waals surface area (Å²) in [7, 11) is 0. The molecule has 2 N–H and O–H groups in total. The molecule has 1 amide bonds. The lowest BCUT2D eigenvalue weighted by Gasteiger charge is -2.31. The van der Waals surface area contributed by atoms with Crippen LogP contribution < -0.4 is 15.2 Å². The van der Waals surface area contributed by atoms with Gasteiger partial charge in [0.2, 0.25) is 0 Å². The van der Waals surface area contributed by atoms with E-state index in [-0.39, 0.29) is 17.7 Å². The molecular formula is C23H28N2O4. The summed E-state index contributed by atoms with van der Waals surface area (Å²) in [4.78, 5) is 28.1. The SMILES string of the molecule is CCOc1ccc(C(=O)c2ccccc2C(=O)N2CCC[C@@H](N)C2)cc1OCC. The van der Waals surface area contributed by atoms with Crippen molar-refractivity contribution >= 4 is 11.7 Å². The van der Waals surface area contributed by atoms with Gasteiger partial charge in [-0.1, -0.05) is 18.2 Å². The average Bonchev–Trinajstić information content (AvgIpc) is 2.74. The molecule has 2 aromatic carbocycles. The van der Waals surface area contributed by atoms with E-state index in [0.717, 1.165) is 12.8 Å². The van der Waals surface area contributed by atoms with E-state index in [9.17, 15) is 9.59 Å². The minimum Gasteiger partial charge on any atom is -0.490 e. The molecule has 2 aromatic rings. The van der Waals surface area contributed by atoms with E-state index in [2.05, 4.69) is 0 Å². The number of amides is 1. The minimum atomic E-state index is -0.223. The maximum Gasteiger partial charge on any atom is 0.254 e. The van der Waals surface area contributed by atoms with E-state index in [4.69, 9.17) is 15.2 Å². The molecule has 1 atom stereocenters. The third-order valence-corrected chi connectivity index (χ3v) is 4.95. The zero-order valence-electron chi connectivity index (χ0n) is 17.0. The second-order valence-corrected chi connectivity index (χ2v) is 7.06. The highest BCUT2D eigenvalue weighted by Crippen LogP contribution is 2.30. The molecule has 6 heteroatoms. The highest BCUT2D eigenvalue weighted by Gasteiger charge is 2.26. The van der Waals surface area contributed by atoms with Gasteiger partial charge in [0, 0.05) is 30.3 Å². The minimum absolute atomic E-state index is 0.0181. The fourth-order valence-electron chi connectivity index (χ4n) is 3.58. The second-order valence-electron chi connectivity index (χ2n) is 7.06. The Kier molecular flexibility index (Phi) is 6.88. The maximum absolute atomic E-state index is 13.3. The molecule has 6 nitrogen and oxygen atoms in total. The molecule has 1 saturated heterocycles. The molecule has 0 aromatic heterocycles. The van der Waals surface area contributed by atoms with Crippen molar-refractivity contribution in [1.29, 1.82) is 0 Å². The first-order valence-electron chi connectivity index (χ1n) is 10.1. The maximum atomic E-state index is 13.3. The second kappa shape index (κ2) is 9.56. The molecule has 3 rings (SSSR count). The van der Waals surface area contributed by atoms with Crippen LogP contribution in [0.25, 0.3) is 0 Å². The fraction of sp³-hybridized carbons (Fsp3) is 0.391. The third kappa shape index (κ3) is 4.77. The first-order chi connectivity index (χ1) is 14.0. The summed E-state index contributed by atoms with van der Waals surface area (Å²) in [5.74, 6) is 0.739. The van der Waals surface area contributed by atoms with Crippen LogP contribution in [0, 0.1) is 0 Å². The van der Waals surface area contributed by atoms with Crippen LogP contribution in [0.15, 0.2) is 42.5 Å². The standard InChI is InChI=1S/C23H28N2O4/c1-3-28-20-12-11-16(14-21(20)29-4-2)22(26)18-9-5-6-10-19(18)23(27)25-13-7-8-17(24)15-25/h5-6,9-12,14,17H,3-4,7-8,13,15,24H2,1-2H3/t17-/m1/s1. The molecule has 154 valence electrons. The van der Waals surface area contributed by atoms with E-state index in [1.54, 1.807) is 47.4 Å². The molecule has 0 aliphatic carbocycles. The first kappa shape index (κ1) is 20.9. The molecule has 0 unspecified atom stereocenters. The van der Waals surface area contributed by atoms with Gasteiger partial charge in [-0.2, -0.15) is 0 Å². The molecule has 0 saturated carbocycles. The van der Waals surface area contributed by atoms with Gasteiger partial charge in [0.1, 0.15) is 0 Å². The van der Waals surface area contributed by atoms with Gasteiger partial charge in [-0.15, -0.1) is 0 Å². The van der Waals surface area contributed by atoms with Crippen molar-refractivity contribution in [3.8, 4) is 11.5 Å². The van der Waals surface area contributed by atoms with Gasteiger partial charge < -0.3 is 20.1 Å². The summed E-state index contributed by atoms with van der Waals surface area (Å²) >= 11 is 0. The van der Waals surface area contributed by atoms with Crippen molar-refractivity contribution in [2.45, 2.75) is 32.7 Å².